The van der Waals surface area contributed by atoms with Gasteiger partial charge in [0.15, 0.2) is 0 Å². The molecule has 1 aromatic carbocycles. The Morgan fingerprint density at radius 3 is 2.00 bits per heavy atom. The lowest BCUT2D eigenvalue weighted by molar-refractivity contribution is -0.156. The highest BCUT2D eigenvalue weighted by Gasteiger charge is 2.49. The molecule has 0 aromatic heterocycles. The number of rotatable bonds is 3. The molecule has 0 aliphatic carbocycles. The third-order valence-electron chi connectivity index (χ3n) is 2.69. The second-order valence-corrected chi connectivity index (χ2v) is 4.53. The van der Waals surface area contributed by atoms with Gasteiger partial charge in [-0.25, -0.2) is 9.59 Å². The number of ether oxygens (including phenoxy) is 2. The molecule has 0 aliphatic rings. The predicted molar refractivity (Wildman–Crippen MR) is 67.5 cm³/mol. The van der Waals surface area contributed by atoms with Crippen LogP contribution in [-0.4, -0.2) is 26.2 Å². The average Bonchev–Trinajstić information content (AvgIpc) is 2.35. The van der Waals surface area contributed by atoms with Crippen LogP contribution in [0.3, 0.4) is 0 Å². The molecular formula is C13H15ClO4. The van der Waals surface area contributed by atoms with E-state index in [1.165, 1.54) is 14.2 Å². The first kappa shape index (κ1) is 14.5. The second-order valence-electron chi connectivity index (χ2n) is 3.96. The van der Waals surface area contributed by atoms with Crippen LogP contribution in [0.2, 0.25) is 0 Å². The standard InChI is InChI=1S/C13H15ClO4/c1-8-5-6-10(9(2)7-8)13(14,11(15)17-3)12(16)18-4/h5-7H,1-4H3. The van der Waals surface area contributed by atoms with Crippen molar-refractivity contribution in [2.75, 3.05) is 14.2 Å². The lowest BCUT2D eigenvalue weighted by Crippen LogP contribution is -2.41. The molecule has 0 heterocycles. The molecule has 0 amide bonds. The smallest absolute Gasteiger partial charge is 0.343 e. The van der Waals surface area contributed by atoms with E-state index in [1.807, 2.05) is 13.0 Å². The predicted octanol–water partition coefficient (Wildman–Crippen LogP) is 2.08. The maximum atomic E-state index is 11.8. The van der Waals surface area contributed by atoms with Crippen LogP contribution in [0.15, 0.2) is 18.2 Å². The summed E-state index contributed by atoms with van der Waals surface area (Å²) < 4.78 is 9.21. The van der Waals surface area contributed by atoms with Crippen LogP contribution in [0.1, 0.15) is 16.7 Å². The minimum atomic E-state index is -1.96. The zero-order valence-electron chi connectivity index (χ0n) is 10.7. The zero-order chi connectivity index (χ0) is 13.9. The van der Waals surface area contributed by atoms with E-state index in [1.54, 1.807) is 19.1 Å². The third kappa shape index (κ3) is 2.34. The molecule has 18 heavy (non-hydrogen) atoms. The van der Waals surface area contributed by atoms with Crippen molar-refractivity contribution in [1.82, 2.24) is 0 Å². The van der Waals surface area contributed by atoms with Gasteiger partial charge in [-0.1, -0.05) is 35.4 Å². The summed E-state index contributed by atoms with van der Waals surface area (Å²) in [6, 6.07) is 5.23. The van der Waals surface area contributed by atoms with Crippen molar-refractivity contribution in [3.05, 3.63) is 34.9 Å². The minimum Gasteiger partial charge on any atom is -0.467 e. The highest BCUT2D eigenvalue weighted by Crippen LogP contribution is 2.34. The van der Waals surface area contributed by atoms with Crippen molar-refractivity contribution in [1.29, 1.82) is 0 Å². The van der Waals surface area contributed by atoms with Crippen LogP contribution >= 0.6 is 11.6 Å². The molecule has 4 nitrogen and oxygen atoms in total. The van der Waals surface area contributed by atoms with Crippen molar-refractivity contribution in [2.24, 2.45) is 0 Å². The van der Waals surface area contributed by atoms with Crippen molar-refractivity contribution >= 4 is 23.5 Å². The Kier molecular flexibility index (Phi) is 4.35. The molecular weight excluding hydrogens is 256 g/mol. The Hall–Kier alpha value is -1.55. The Labute approximate surface area is 111 Å². The third-order valence-corrected chi connectivity index (χ3v) is 3.20. The Bertz CT molecular complexity index is 466. The van der Waals surface area contributed by atoms with Gasteiger partial charge in [0.2, 0.25) is 0 Å². The summed E-state index contributed by atoms with van der Waals surface area (Å²) in [6.45, 7) is 3.67. The number of alkyl halides is 1. The lowest BCUT2D eigenvalue weighted by atomic mass is 9.92. The molecule has 0 spiro atoms. The molecule has 0 radical (unpaired) electrons. The van der Waals surface area contributed by atoms with Gasteiger partial charge in [0, 0.05) is 0 Å². The van der Waals surface area contributed by atoms with E-state index in [0.29, 0.717) is 5.56 Å². The van der Waals surface area contributed by atoms with Crippen LogP contribution in [0.4, 0.5) is 0 Å². The maximum Gasteiger partial charge on any atom is 0.343 e. The number of benzene rings is 1. The second kappa shape index (κ2) is 5.40. The van der Waals surface area contributed by atoms with Gasteiger partial charge in [-0.15, -0.1) is 0 Å². The fourth-order valence-electron chi connectivity index (χ4n) is 1.78. The van der Waals surface area contributed by atoms with Crippen LogP contribution in [0.25, 0.3) is 0 Å². The minimum absolute atomic E-state index is 0.369. The Morgan fingerprint density at radius 1 is 1.11 bits per heavy atom. The normalized spacial score (nSPS) is 10.9. The van der Waals surface area contributed by atoms with Crippen LogP contribution in [-0.2, 0) is 23.9 Å². The number of carbonyl (C=O) groups is 2. The van der Waals surface area contributed by atoms with Crippen molar-refractivity contribution in [2.45, 2.75) is 18.7 Å². The summed E-state index contributed by atoms with van der Waals surface area (Å²) in [7, 11) is 2.35. The van der Waals surface area contributed by atoms with Crippen LogP contribution in [0.5, 0.6) is 0 Å². The summed E-state index contributed by atoms with van der Waals surface area (Å²) in [5.74, 6) is -1.72. The number of halogens is 1. The number of aryl methyl sites for hydroxylation is 2. The first-order chi connectivity index (χ1) is 8.37. The molecule has 0 saturated carbocycles. The molecule has 0 bridgehead atoms. The molecule has 5 heteroatoms. The molecule has 1 rings (SSSR count). The van der Waals surface area contributed by atoms with Crippen LogP contribution < -0.4 is 0 Å². The Balaban J connectivity index is 3.44. The van der Waals surface area contributed by atoms with Gasteiger partial charge >= 0.3 is 11.9 Å². The molecule has 0 fully saturated rings. The quantitative estimate of drug-likeness (QED) is 0.479. The van der Waals surface area contributed by atoms with Crippen molar-refractivity contribution < 1.29 is 19.1 Å². The summed E-state index contributed by atoms with van der Waals surface area (Å²) in [5, 5.41) is 0. The topological polar surface area (TPSA) is 52.6 Å². The van der Waals surface area contributed by atoms with Crippen molar-refractivity contribution in [3.8, 4) is 0 Å². The first-order valence-electron chi connectivity index (χ1n) is 5.31. The summed E-state index contributed by atoms with van der Waals surface area (Å²) in [4.78, 5) is 21.7. The molecule has 0 saturated heterocycles. The highest BCUT2D eigenvalue weighted by molar-refractivity contribution is 6.44. The lowest BCUT2D eigenvalue weighted by Gasteiger charge is -2.23. The SMILES string of the molecule is COC(=O)C(Cl)(C(=O)OC)c1ccc(C)cc1C. The van der Waals surface area contributed by atoms with Crippen LogP contribution in [0, 0.1) is 13.8 Å². The largest absolute Gasteiger partial charge is 0.467 e. The van der Waals surface area contributed by atoms with Gasteiger partial charge in [-0.3, -0.25) is 0 Å². The van der Waals surface area contributed by atoms with Gasteiger partial charge in [-0.2, -0.15) is 0 Å². The van der Waals surface area contributed by atoms with Gasteiger partial charge in [0.1, 0.15) is 0 Å². The van der Waals surface area contributed by atoms with Gasteiger partial charge < -0.3 is 9.47 Å². The van der Waals surface area contributed by atoms with E-state index >= 15 is 0 Å². The molecule has 0 unspecified atom stereocenters. The molecule has 0 aliphatic heterocycles. The number of esters is 2. The fourth-order valence-corrected chi connectivity index (χ4v) is 2.15. The van der Waals surface area contributed by atoms with E-state index in [-0.39, 0.29) is 0 Å². The van der Waals surface area contributed by atoms with E-state index in [4.69, 9.17) is 11.6 Å². The van der Waals surface area contributed by atoms with E-state index in [2.05, 4.69) is 9.47 Å². The first-order valence-corrected chi connectivity index (χ1v) is 5.69. The highest BCUT2D eigenvalue weighted by atomic mass is 35.5. The zero-order valence-corrected chi connectivity index (χ0v) is 11.5. The fraction of sp³-hybridized carbons (Fsp3) is 0.385. The molecule has 0 atom stereocenters. The molecule has 0 N–H and O–H groups in total. The summed E-state index contributed by atoms with van der Waals surface area (Å²) in [6.07, 6.45) is 0. The average molecular weight is 271 g/mol. The maximum absolute atomic E-state index is 11.8. The van der Waals surface area contributed by atoms with Gasteiger partial charge in [-0.05, 0) is 25.0 Å². The molecule has 98 valence electrons. The summed E-state index contributed by atoms with van der Waals surface area (Å²) in [5.41, 5.74) is 2.10. The monoisotopic (exact) mass is 270 g/mol. The van der Waals surface area contributed by atoms with Gasteiger partial charge in [0.25, 0.3) is 4.87 Å². The van der Waals surface area contributed by atoms with Gasteiger partial charge in [0.05, 0.1) is 14.2 Å². The van der Waals surface area contributed by atoms with E-state index < -0.39 is 16.8 Å². The van der Waals surface area contributed by atoms with E-state index in [0.717, 1.165) is 11.1 Å². The number of methoxy groups -OCH3 is 2. The Morgan fingerprint density at radius 2 is 1.61 bits per heavy atom. The van der Waals surface area contributed by atoms with Crippen molar-refractivity contribution in [3.63, 3.8) is 0 Å². The number of carbonyl (C=O) groups excluding carboxylic acids is 2. The van der Waals surface area contributed by atoms with E-state index in [9.17, 15) is 9.59 Å². The number of hydrogen-bond donors (Lipinski definition) is 0. The molecule has 1 aromatic rings. The number of hydrogen-bond acceptors (Lipinski definition) is 4. The summed E-state index contributed by atoms with van der Waals surface area (Å²) >= 11 is 6.17.